The number of sulfonamides is 1. The van der Waals surface area contributed by atoms with Gasteiger partial charge in [-0.1, -0.05) is 0 Å². The predicted octanol–water partition coefficient (Wildman–Crippen LogP) is 0.831. The Hall–Kier alpha value is -1.54. The number of hydrogen-bond acceptors (Lipinski definition) is 4. The second-order valence-electron chi connectivity index (χ2n) is 4.79. The van der Waals surface area contributed by atoms with Crippen LogP contribution in [0.1, 0.15) is 12.8 Å². The predicted molar refractivity (Wildman–Crippen MR) is 72.0 cm³/mol. The number of anilines is 1. The summed E-state index contributed by atoms with van der Waals surface area (Å²) in [5.41, 5.74) is 0. The van der Waals surface area contributed by atoms with Crippen LogP contribution in [0.4, 0.5) is 10.2 Å². The van der Waals surface area contributed by atoms with Crippen molar-refractivity contribution in [2.75, 3.05) is 24.7 Å². The van der Waals surface area contributed by atoms with Gasteiger partial charge in [0, 0.05) is 19.0 Å². The minimum absolute atomic E-state index is 0.211. The minimum atomic E-state index is -3.19. The first kappa shape index (κ1) is 14.9. The van der Waals surface area contributed by atoms with Gasteiger partial charge in [-0.25, -0.2) is 22.1 Å². The second kappa shape index (κ2) is 5.84. The first-order valence-electron chi connectivity index (χ1n) is 6.24. The molecule has 6 nitrogen and oxygen atoms in total. The van der Waals surface area contributed by atoms with Crippen molar-refractivity contribution in [2.24, 2.45) is 5.92 Å². The molecule has 1 N–H and O–H groups in total. The Morgan fingerprint density at radius 3 is 2.55 bits per heavy atom. The molecule has 0 bridgehead atoms. The minimum Gasteiger partial charge on any atom is -0.310 e. The Morgan fingerprint density at radius 1 is 1.40 bits per heavy atom. The van der Waals surface area contributed by atoms with Crippen LogP contribution in [-0.4, -0.2) is 43.0 Å². The van der Waals surface area contributed by atoms with E-state index in [1.54, 1.807) is 0 Å². The quantitative estimate of drug-likeness (QED) is 0.897. The summed E-state index contributed by atoms with van der Waals surface area (Å²) in [5, 5.41) is 2.61. The van der Waals surface area contributed by atoms with E-state index in [1.165, 1.54) is 16.4 Å². The fourth-order valence-electron chi connectivity index (χ4n) is 2.13. The van der Waals surface area contributed by atoms with Gasteiger partial charge in [0.15, 0.2) is 0 Å². The van der Waals surface area contributed by atoms with Crippen molar-refractivity contribution in [3.63, 3.8) is 0 Å². The summed E-state index contributed by atoms with van der Waals surface area (Å²) < 4.78 is 36.8. The lowest BCUT2D eigenvalue weighted by Crippen LogP contribution is -2.40. The highest BCUT2D eigenvalue weighted by Gasteiger charge is 2.28. The molecule has 0 aromatic carbocycles. The van der Waals surface area contributed by atoms with E-state index >= 15 is 0 Å². The maximum absolute atomic E-state index is 12.7. The number of pyridine rings is 1. The van der Waals surface area contributed by atoms with E-state index in [0.29, 0.717) is 31.7 Å². The van der Waals surface area contributed by atoms with Gasteiger partial charge < -0.3 is 5.32 Å². The number of piperidine rings is 1. The van der Waals surface area contributed by atoms with Crippen LogP contribution >= 0.6 is 0 Å². The smallest absolute Gasteiger partial charge is 0.228 e. The number of carbonyl (C=O) groups is 1. The molecule has 20 heavy (non-hydrogen) atoms. The van der Waals surface area contributed by atoms with Gasteiger partial charge in [0.2, 0.25) is 15.9 Å². The van der Waals surface area contributed by atoms with Crippen molar-refractivity contribution in [1.82, 2.24) is 9.29 Å². The zero-order valence-corrected chi connectivity index (χ0v) is 11.9. The summed E-state index contributed by atoms with van der Waals surface area (Å²) in [6.45, 7) is 0.682. The highest BCUT2D eigenvalue weighted by atomic mass is 32.2. The molecule has 0 unspecified atom stereocenters. The topological polar surface area (TPSA) is 79.4 Å². The van der Waals surface area contributed by atoms with Crippen molar-refractivity contribution in [3.05, 3.63) is 24.1 Å². The average Bonchev–Trinajstić information content (AvgIpc) is 2.40. The monoisotopic (exact) mass is 301 g/mol. The van der Waals surface area contributed by atoms with Gasteiger partial charge in [-0.3, -0.25) is 4.79 Å². The normalized spacial score (nSPS) is 17.9. The van der Waals surface area contributed by atoms with E-state index in [4.69, 9.17) is 0 Å². The largest absolute Gasteiger partial charge is 0.310 e. The van der Waals surface area contributed by atoms with Gasteiger partial charge in [0.05, 0.1) is 12.5 Å². The molecule has 1 aromatic heterocycles. The van der Waals surface area contributed by atoms with Gasteiger partial charge >= 0.3 is 0 Å². The first-order valence-corrected chi connectivity index (χ1v) is 8.08. The highest BCUT2D eigenvalue weighted by molar-refractivity contribution is 7.88. The molecule has 1 saturated heterocycles. The Bertz CT molecular complexity index is 580. The van der Waals surface area contributed by atoms with E-state index < -0.39 is 15.8 Å². The molecule has 2 heterocycles. The molecule has 0 spiro atoms. The van der Waals surface area contributed by atoms with Crippen LogP contribution in [-0.2, 0) is 14.8 Å². The molecule has 1 amide bonds. The van der Waals surface area contributed by atoms with Crippen molar-refractivity contribution < 1.29 is 17.6 Å². The standard InChI is InChI=1S/C12H16FN3O3S/c1-20(18,19)16-6-4-9(5-7-16)12(17)15-11-3-2-10(13)8-14-11/h2-3,8-9H,4-7H2,1H3,(H,14,15,17). The fraction of sp³-hybridized carbons (Fsp3) is 0.500. The van der Waals surface area contributed by atoms with Crippen LogP contribution in [0, 0.1) is 11.7 Å². The first-order chi connectivity index (χ1) is 9.36. The molecule has 8 heteroatoms. The van der Waals surface area contributed by atoms with Crippen LogP contribution in [0.5, 0.6) is 0 Å². The molecule has 1 fully saturated rings. The van der Waals surface area contributed by atoms with Crippen molar-refractivity contribution in [2.45, 2.75) is 12.8 Å². The van der Waals surface area contributed by atoms with E-state index in [1.807, 2.05) is 0 Å². The Labute approximate surface area is 117 Å². The van der Waals surface area contributed by atoms with Crippen molar-refractivity contribution >= 4 is 21.7 Å². The molecule has 110 valence electrons. The summed E-state index contributed by atoms with van der Waals surface area (Å²) in [6.07, 6.45) is 3.14. The lowest BCUT2D eigenvalue weighted by Gasteiger charge is -2.29. The summed E-state index contributed by atoms with van der Waals surface area (Å²) in [7, 11) is -3.19. The number of hydrogen-bond donors (Lipinski definition) is 1. The molecule has 1 aliphatic heterocycles. The molecule has 1 aromatic rings. The molecule has 0 radical (unpaired) electrons. The Kier molecular flexibility index (Phi) is 4.34. The number of nitrogens with one attached hydrogen (secondary N) is 1. The molecule has 0 atom stereocenters. The summed E-state index contributed by atoms with van der Waals surface area (Å²) >= 11 is 0. The van der Waals surface area contributed by atoms with Crippen molar-refractivity contribution in [3.8, 4) is 0 Å². The third kappa shape index (κ3) is 3.73. The molecular weight excluding hydrogens is 285 g/mol. The Morgan fingerprint density at radius 2 is 2.05 bits per heavy atom. The number of amides is 1. The van der Waals surface area contributed by atoms with Crippen LogP contribution in [0.3, 0.4) is 0 Å². The lowest BCUT2D eigenvalue weighted by atomic mass is 9.97. The SMILES string of the molecule is CS(=O)(=O)N1CCC(C(=O)Nc2ccc(F)cn2)CC1. The third-order valence-electron chi connectivity index (χ3n) is 3.27. The van der Waals surface area contributed by atoms with Gasteiger partial charge in [-0.05, 0) is 25.0 Å². The van der Waals surface area contributed by atoms with Gasteiger partial charge in [-0.15, -0.1) is 0 Å². The van der Waals surface area contributed by atoms with Crippen LogP contribution in [0.2, 0.25) is 0 Å². The Balaban J connectivity index is 1.90. The van der Waals surface area contributed by atoms with Gasteiger partial charge in [-0.2, -0.15) is 0 Å². The van der Waals surface area contributed by atoms with Crippen molar-refractivity contribution in [1.29, 1.82) is 0 Å². The second-order valence-corrected chi connectivity index (χ2v) is 6.77. The van der Waals surface area contributed by atoms with E-state index in [0.717, 1.165) is 12.5 Å². The number of halogens is 1. The third-order valence-corrected chi connectivity index (χ3v) is 4.58. The van der Waals surface area contributed by atoms with Gasteiger partial charge in [0.1, 0.15) is 11.6 Å². The molecular formula is C12H16FN3O3S. The highest BCUT2D eigenvalue weighted by Crippen LogP contribution is 2.20. The van der Waals surface area contributed by atoms with Crippen LogP contribution < -0.4 is 5.32 Å². The number of carbonyl (C=O) groups excluding carboxylic acids is 1. The van der Waals surface area contributed by atoms with Gasteiger partial charge in [0.25, 0.3) is 0 Å². The maximum atomic E-state index is 12.7. The fourth-order valence-corrected chi connectivity index (χ4v) is 3.00. The zero-order chi connectivity index (χ0) is 14.8. The number of nitrogens with zero attached hydrogens (tertiary/aromatic N) is 2. The van der Waals surface area contributed by atoms with E-state index in [2.05, 4.69) is 10.3 Å². The molecule has 0 aliphatic carbocycles. The zero-order valence-electron chi connectivity index (χ0n) is 11.0. The van der Waals surface area contributed by atoms with Crippen LogP contribution in [0.15, 0.2) is 18.3 Å². The summed E-state index contributed by atoms with van der Waals surface area (Å²) in [4.78, 5) is 15.8. The average molecular weight is 301 g/mol. The lowest BCUT2D eigenvalue weighted by molar-refractivity contribution is -0.120. The van der Waals surface area contributed by atoms with E-state index in [9.17, 15) is 17.6 Å². The maximum Gasteiger partial charge on any atom is 0.228 e. The van der Waals surface area contributed by atoms with E-state index in [-0.39, 0.29) is 11.8 Å². The molecule has 0 saturated carbocycles. The molecule has 2 rings (SSSR count). The summed E-state index contributed by atoms with van der Waals surface area (Å²) in [6, 6.07) is 2.60. The number of rotatable bonds is 3. The number of aromatic nitrogens is 1. The van der Waals surface area contributed by atoms with Crippen LogP contribution in [0.25, 0.3) is 0 Å². The summed E-state index contributed by atoms with van der Waals surface area (Å²) in [5.74, 6) is -0.636. The molecule has 1 aliphatic rings.